The maximum absolute atomic E-state index is 12.5. The first-order valence-corrected chi connectivity index (χ1v) is 8.51. The minimum absolute atomic E-state index is 0. The van der Waals surface area contributed by atoms with E-state index in [1.165, 1.54) is 11.1 Å². The molecule has 0 aliphatic heterocycles. The van der Waals surface area contributed by atoms with Gasteiger partial charge in [0.2, 0.25) is 5.91 Å². The van der Waals surface area contributed by atoms with Crippen LogP contribution in [-0.4, -0.2) is 5.91 Å². The number of carbonyl (C=O) groups excluding carboxylic acids is 1. The Kier molecular flexibility index (Phi) is 5.98. The van der Waals surface area contributed by atoms with Crippen molar-refractivity contribution >= 4 is 40.7 Å². The maximum atomic E-state index is 12.5. The molecular formula is C21H25ClN2O2. The number of nitrogens with one attached hydrogen (secondary N) is 1. The molecule has 0 atom stereocenters. The summed E-state index contributed by atoms with van der Waals surface area (Å²) in [5.41, 5.74) is 12.4. The molecule has 3 aromatic rings. The van der Waals surface area contributed by atoms with Crippen molar-refractivity contribution in [3.8, 4) is 0 Å². The van der Waals surface area contributed by atoms with Crippen molar-refractivity contribution in [2.45, 2.75) is 40.0 Å². The van der Waals surface area contributed by atoms with Crippen LogP contribution in [0.5, 0.6) is 0 Å². The lowest BCUT2D eigenvalue weighted by Crippen LogP contribution is -2.15. The number of benzene rings is 2. The van der Waals surface area contributed by atoms with Gasteiger partial charge >= 0.3 is 0 Å². The average Bonchev–Trinajstić information content (AvgIpc) is 2.91. The summed E-state index contributed by atoms with van der Waals surface area (Å²) in [5, 5.41) is 3.95. The second-order valence-electron chi connectivity index (χ2n) is 6.92. The fraction of sp³-hybridized carbons (Fsp3) is 0.286. The predicted octanol–water partition coefficient (Wildman–Crippen LogP) is 5.36. The molecule has 26 heavy (non-hydrogen) atoms. The van der Waals surface area contributed by atoms with Crippen molar-refractivity contribution in [3.05, 3.63) is 58.8 Å². The zero-order valence-electron chi connectivity index (χ0n) is 15.6. The van der Waals surface area contributed by atoms with Crippen LogP contribution in [0.15, 0.2) is 41.0 Å². The van der Waals surface area contributed by atoms with Gasteiger partial charge in [-0.15, -0.1) is 12.4 Å². The molecule has 1 amide bonds. The minimum Gasteiger partial charge on any atom is -0.464 e. The van der Waals surface area contributed by atoms with Crippen LogP contribution in [0.25, 0.3) is 11.0 Å². The number of anilines is 2. The van der Waals surface area contributed by atoms with Gasteiger partial charge in [-0.05, 0) is 60.7 Å². The summed E-state index contributed by atoms with van der Waals surface area (Å²) in [6.45, 7) is 8.37. The fourth-order valence-corrected chi connectivity index (χ4v) is 3.15. The molecule has 0 aliphatic carbocycles. The van der Waals surface area contributed by atoms with Gasteiger partial charge in [-0.25, -0.2) is 0 Å². The van der Waals surface area contributed by atoms with Gasteiger partial charge in [0.25, 0.3) is 0 Å². The van der Waals surface area contributed by atoms with E-state index in [1.54, 1.807) is 12.3 Å². The Bertz CT molecular complexity index is 945. The average molecular weight is 373 g/mol. The van der Waals surface area contributed by atoms with E-state index in [1.807, 2.05) is 25.1 Å². The number of hydrogen-bond acceptors (Lipinski definition) is 3. The summed E-state index contributed by atoms with van der Waals surface area (Å²) >= 11 is 0. The Balaban J connectivity index is 0.00000243. The van der Waals surface area contributed by atoms with Gasteiger partial charge in [0.05, 0.1) is 12.7 Å². The SMILES string of the molecule is Cc1ccc(N)cc1NC(=O)Cc1coc2cc(C)c(C(C)C)cc12.Cl. The Morgan fingerprint density at radius 2 is 1.88 bits per heavy atom. The molecular weight excluding hydrogens is 348 g/mol. The van der Waals surface area contributed by atoms with Crippen molar-refractivity contribution in [2.24, 2.45) is 0 Å². The smallest absolute Gasteiger partial charge is 0.228 e. The number of nitrogens with two attached hydrogens (primary N) is 1. The van der Waals surface area contributed by atoms with Gasteiger partial charge < -0.3 is 15.5 Å². The van der Waals surface area contributed by atoms with Crippen molar-refractivity contribution in [3.63, 3.8) is 0 Å². The van der Waals surface area contributed by atoms with Crippen molar-refractivity contribution in [2.75, 3.05) is 11.1 Å². The predicted molar refractivity (Wildman–Crippen MR) is 110 cm³/mol. The number of hydrogen-bond donors (Lipinski definition) is 2. The van der Waals surface area contributed by atoms with E-state index in [-0.39, 0.29) is 24.7 Å². The Hall–Kier alpha value is -2.46. The van der Waals surface area contributed by atoms with Crippen LogP contribution in [0.4, 0.5) is 11.4 Å². The highest BCUT2D eigenvalue weighted by Crippen LogP contribution is 2.29. The molecule has 138 valence electrons. The fourth-order valence-electron chi connectivity index (χ4n) is 3.15. The van der Waals surface area contributed by atoms with Gasteiger partial charge in [0.1, 0.15) is 5.58 Å². The van der Waals surface area contributed by atoms with E-state index in [2.05, 4.69) is 32.2 Å². The highest BCUT2D eigenvalue weighted by atomic mass is 35.5. The molecule has 5 heteroatoms. The molecule has 0 saturated heterocycles. The quantitative estimate of drug-likeness (QED) is 0.606. The number of fused-ring (bicyclic) bond motifs is 1. The monoisotopic (exact) mass is 372 g/mol. The van der Waals surface area contributed by atoms with Crippen LogP contribution in [0, 0.1) is 13.8 Å². The van der Waals surface area contributed by atoms with Gasteiger partial charge in [0, 0.05) is 22.3 Å². The molecule has 0 bridgehead atoms. The third-order valence-corrected chi connectivity index (χ3v) is 4.55. The number of rotatable bonds is 4. The second kappa shape index (κ2) is 7.83. The van der Waals surface area contributed by atoms with Crippen LogP contribution in [0.3, 0.4) is 0 Å². The van der Waals surface area contributed by atoms with Gasteiger partial charge in [0.15, 0.2) is 0 Å². The number of halogens is 1. The maximum Gasteiger partial charge on any atom is 0.228 e. The summed E-state index contributed by atoms with van der Waals surface area (Å²) in [6, 6.07) is 9.70. The first kappa shape index (κ1) is 19.9. The lowest BCUT2D eigenvalue weighted by atomic mass is 9.95. The summed E-state index contributed by atoms with van der Waals surface area (Å²) < 4.78 is 5.66. The molecule has 1 aromatic heterocycles. The third-order valence-electron chi connectivity index (χ3n) is 4.55. The van der Waals surface area contributed by atoms with Crippen LogP contribution in [0.2, 0.25) is 0 Å². The van der Waals surface area contributed by atoms with Gasteiger partial charge in [-0.1, -0.05) is 19.9 Å². The summed E-state index contributed by atoms with van der Waals surface area (Å²) in [5.74, 6) is 0.346. The highest BCUT2D eigenvalue weighted by molar-refractivity contribution is 5.96. The molecule has 0 spiro atoms. The Morgan fingerprint density at radius 3 is 2.58 bits per heavy atom. The van der Waals surface area contributed by atoms with E-state index < -0.39 is 0 Å². The molecule has 0 fully saturated rings. The van der Waals surface area contributed by atoms with E-state index >= 15 is 0 Å². The molecule has 2 aromatic carbocycles. The van der Waals surface area contributed by atoms with Crippen molar-refractivity contribution < 1.29 is 9.21 Å². The van der Waals surface area contributed by atoms with Gasteiger partial charge in [-0.2, -0.15) is 0 Å². The topological polar surface area (TPSA) is 68.3 Å². The number of furan rings is 1. The standard InChI is InChI=1S/C21H24N2O2.ClH/c1-12(2)17-10-18-15(11-25-20(18)7-14(17)4)8-21(24)23-19-9-16(22)6-5-13(19)3;/h5-7,9-12H,8,22H2,1-4H3,(H,23,24);1H. The van der Waals surface area contributed by atoms with E-state index in [0.717, 1.165) is 27.8 Å². The molecule has 3 rings (SSSR count). The van der Waals surface area contributed by atoms with E-state index in [0.29, 0.717) is 11.6 Å². The van der Waals surface area contributed by atoms with E-state index in [4.69, 9.17) is 10.2 Å². The summed E-state index contributed by atoms with van der Waals surface area (Å²) in [7, 11) is 0. The zero-order valence-corrected chi connectivity index (χ0v) is 16.4. The molecule has 0 aliphatic rings. The largest absolute Gasteiger partial charge is 0.464 e. The van der Waals surface area contributed by atoms with Crippen molar-refractivity contribution in [1.82, 2.24) is 0 Å². The molecule has 0 radical (unpaired) electrons. The van der Waals surface area contributed by atoms with E-state index in [9.17, 15) is 4.79 Å². The summed E-state index contributed by atoms with van der Waals surface area (Å²) in [6.07, 6.45) is 1.95. The first-order chi connectivity index (χ1) is 11.8. The highest BCUT2D eigenvalue weighted by Gasteiger charge is 2.14. The number of nitrogen functional groups attached to an aromatic ring is 1. The Labute approximate surface area is 160 Å². The molecule has 0 saturated carbocycles. The lowest BCUT2D eigenvalue weighted by Gasteiger charge is -2.11. The second-order valence-corrected chi connectivity index (χ2v) is 6.92. The van der Waals surface area contributed by atoms with Gasteiger partial charge in [-0.3, -0.25) is 4.79 Å². The van der Waals surface area contributed by atoms with Crippen LogP contribution < -0.4 is 11.1 Å². The minimum atomic E-state index is -0.0805. The number of aryl methyl sites for hydroxylation is 2. The van der Waals surface area contributed by atoms with Crippen molar-refractivity contribution in [1.29, 1.82) is 0 Å². The van der Waals surface area contributed by atoms with Crippen LogP contribution >= 0.6 is 12.4 Å². The molecule has 0 unspecified atom stereocenters. The number of amides is 1. The molecule has 1 heterocycles. The summed E-state index contributed by atoms with van der Waals surface area (Å²) in [4.78, 5) is 12.5. The third kappa shape index (κ3) is 4.02. The van der Waals surface area contributed by atoms with Crippen LogP contribution in [0.1, 0.15) is 42.0 Å². The first-order valence-electron chi connectivity index (χ1n) is 8.51. The zero-order chi connectivity index (χ0) is 18.1. The molecule has 4 nitrogen and oxygen atoms in total. The number of carbonyl (C=O) groups is 1. The van der Waals surface area contributed by atoms with Crippen LogP contribution in [-0.2, 0) is 11.2 Å². The molecule has 3 N–H and O–H groups in total. The Morgan fingerprint density at radius 1 is 1.15 bits per heavy atom. The lowest BCUT2D eigenvalue weighted by molar-refractivity contribution is -0.115. The normalized spacial score (nSPS) is 10.8.